The topological polar surface area (TPSA) is 362 Å². The lowest BCUT2D eigenvalue weighted by molar-refractivity contribution is -0.147. The highest BCUT2D eigenvalue weighted by Gasteiger charge is 2.48. The second kappa shape index (κ2) is 35.1. The van der Waals surface area contributed by atoms with Crippen LogP contribution >= 0.6 is 23.5 Å². The first kappa shape index (κ1) is 72.9. The fourth-order valence-corrected chi connectivity index (χ4v) is 12.9. The predicted molar refractivity (Wildman–Crippen MR) is 355 cm³/mol. The third kappa shape index (κ3) is 21.0. The summed E-state index contributed by atoms with van der Waals surface area (Å²) in [5.74, 6) is -5.83. The largest absolute Gasteiger partial charge is 0.497 e. The Balaban J connectivity index is 1.22. The quantitative estimate of drug-likeness (QED) is 0.0710. The number of rotatable bonds is 14. The van der Waals surface area contributed by atoms with Gasteiger partial charge >= 0.3 is 5.97 Å². The summed E-state index contributed by atoms with van der Waals surface area (Å²) in [7, 11) is 1.49. The average molecular weight is 1340 g/mol. The number of halogens is 1. The van der Waals surface area contributed by atoms with Gasteiger partial charge in [0.2, 0.25) is 53.2 Å². The summed E-state index contributed by atoms with van der Waals surface area (Å²) in [5, 5.41) is 42.9. The molecule has 3 heterocycles. The average Bonchev–Trinajstić information content (AvgIpc) is 1.59. The maximum Gasteiger partial charge on any atom is 0.303 e. The molecule has 2 aliphatic heterocycles. The molecule has 1 aromatic heterocycles. The van der Waals surface area contributed by atoms with Gasteiger partial charge in [-0.1, -0.05) is 67.1 Å². The van der Waals surface area contributed by atoms with E-state index in [1.807, 2.05) is 18.2 Å². The van der Waals surface area contributed by atoms with Gasteiger partial charge < -0.3 is 73.1 Å². The number of hydrogen-bond acceptors (Lipinski definition) is 15. The number of nitrogens with zero attached hydrogens (tertiary/aromatic N) is 1. The van der Waals surface area contributed by atoms with Crippen LogP contribution in [0.4, 0.5) is 4.39 Å². The van der Waals surface area contributed by atoms with Gasteiger partial charge in [0.15, 0.2) is 0 Å². The summed E-state index contributed by atoms with van der Waals surface area (Å²) in [6.07, 6.45) is -0.369. The molecule has 5 aromatic rings. The van der Waals surface area contributed by atoms with Crippen molar-refractivity contribution in [3.63, 3.8) is 0 Å². The van der Waals surface area contributed by atoms with Crippen molar-refractivity contribution < 1.29 is 67.3 Å². The van der Waals surface area contributed by atoms with E-state index in [0.29, 0.717) is 69.2 Å². The zero-order valence-electron chi connectivity index (χ0n) is 53.5. The molecule has 0 unspecified atom stereocenters. The molecule has 0 aliphatic carbocycles. The number of aromatic amines is 1. The lowest BCUT2D eigenvalue weighted by Gasteiger charge is -2.37. The molecule has 1 fully saturated rings. The zero-order chi connectivity index (χ0) is 68.1. The van der Waals surface area contributed by atoms with Gasteiger partial charge in [0.1, 0.15) is 59.4 Å². The molecule has 1 saturated heterocycles. The number of carboxylic acid groups (broad SMARTS) is 1. The van der Waals surface area contributed by atoms with Gasteiger partial charge in [0, 0.05) is 91.8 Å². The van der Waals surface area contributed by atoms with E-state index in [0.717, 1.165) is 16.7 Å². The van der Waals surface area contributed by atoms with Crippen molar-refractivity contribution in [1.82, 2.24) is 52.4 Å². The number of ether oxygens (including phenoxy) is 1. The Morgan fingerprint density at radius 3 is 1.95 bits per heavy atom. The van der Waals surface area contributed by atoms with Crippen LogP contribution in [0.25, 0.3) is 10.9 Å². The number of methoxy groups -OCH3 is 1. The van der Waals surface area contributed by atoms with E-state index in [2.05, 4.69) is 53.6 Å². The van der Waals surface area contributed by atoms with E-state index in [-0.39, 0.29) is 71.0 Å². The number of carboxylic acids is 1. The number of aliphatic carboxylic acids is 1. The van der Waals surface area contributed by atoms with E-state index in [1.54, 1.807) is 67.2 Å². The van der Waals surface area contributed by atoms with Crippen LogP contribution in [0.3, 0.4) is 0 Å². The molecule has 9 amide bonds. The van der Waals surface area contributed by atoms with Gasteiger partial charge in [-0.15, -0.1) is 0 Å². The van der Waals surface area contributed by atoms with Crippen molar-refractivity contribution in [3.8, 4) is 5.75 Å². The van der Waals surface area contributed by atoms with Crippen LogP contribution in [0.15, 0.2) is 97.2 Å². The Morgan fingerprint density at radius 2 is 1.29 bits per heavy atom. The van der Waals surface area contributed by atoms with Crippen LogP contribution in [-0.4, -0.2) is 165 Å². The molecule has 2 aliphatic rings. The van der Waals surface area contributed by atoms with Crippen molar-refractivity contribution in [3.05, 3.63) is 136 Å². The molecular formula is C67H86FN11O13S2. The summed E-state index contributed by atoms with van der Waals surface area (Å²) in [6.45, 7) is 6.41. The molecule has 24 nitrogen and oxygen atoms in total. The summed E-state index contributed by atoms with van der Waals surface area (Å²) in [5.41, 5.74) is 9.35. The molecule has 2 bridgehead atoms. The van der Waals surface area contributed by atoms with Gasteiger partial charge in [-0.3, -0.25) is 47.9 Å². The van der Waals surface area contributed by atoms with Gasteiger partial charge in [-0.05, 0) is 117 Å². The Bertz CT molecular complexity index is 3490. The predicted octanol–water partition coefficient (Wildman–Crippen LogP) is 3.33. The SMILES string of the molecule is COc1ccc(C[C@@H]2NC(=O)[C@@H]([C@@H](C)O)NC(=O)[C@H](CCCCC(=O)O)NC(=O)[C@H](Cc3c[nH]c4ccc(F)cc34)NC(=O)[C@H](Cc3ccc(CN)cc3)NC(=O)[C@@H](C)NC(=O)[C@H](C)NC(=O)CCSCc3cccc(c3)CSCCNC(=O)[C@]3(C)CCCN3C2=O)cc1. The summed E-state index contributed by atoms with van der Waals surface area (Å²) < 4.78 is 20.3. The molecule has 27 heteroatoms. The molecular weight excluding hydrogens is 1250 g/mol. The number of aliphatic hydroxyl groups is 1. The molecule has 506 valence electrons. The maximum absolute atomic E-state index is 15.1. The fraction of sp³-hybridized carbons (Fsp3) is 0.463. The van der Waals surface area contributed by atoms with Crippen molar-refractivity contribution in [2.45, 2.75) is 164 Å². The van der Waals surface area contributed by atoms with Crippen LogP contribution in [0, 0.1) is 5.82 Å². The minimum Gasteiger partial charge on any atom is -0.497 e. The van der Waals surface area contributed by atoms with Crippen molar-refractivity contribution in [1.29, 1.82) is 0 Å². The van der Waals surface area contributed by atoms with E-state index < -0.39 is 119 Å². The fourth-order valence-electron chi connectivity index (χ4n) is 11.2. The third-order valence-electron chi connectivity index (χ3n) is 16.6. The lowest BCUT2D eigenvalue weighted by Crippen LogP contribution is -2.63. The Hall–Kier alpha value is -8.53. The Labute approximate surface area is 554 Å². The molecule has 0 spiro atoms. The number of amides is 9. The molecule has 13 N–H and O–H groups in total. The third-order valence-corrected chi connectivity index (χ3v) is 18.7. The number of thioether (sulfide) groups is 2. The number of carbonyl (C=O) groups is 10. The van der Waals surface area contributed by atoms with E-state index in [1.165, 1.54) is 68.9 Å². The number of nitrogens with two attached hydrogens (primary N) is 1. The number of nitrogens with one attached hydrogen (secondary N) is 9. The molecule has 0 saturated carbocycles. The first-order valence-electron chi connectivity index (χ1n) is 31.5. The number of unbranched alkanes of at least 4 members (excludes halogenated alkanes) is 1. The number of carbonyl (C=O) groups excluding carboxylic acids is 9. The van der Waals surface area contributed by atoms with Crippen LogP contribution in [-0.2, 0) is 85.3 Å². The van der Waals surface area contributed by atoms with Gasteiger partial charge in [-0.2, -0.15) is 23.5 Å². The van der Waals surface area contributed by atoms with Gasteiger partial charge in [0.25, 0.3) is 0 Å². The zero-order valence-corrected chi connectivity index (χ0v) is 55.1. The number of aliphatic hydroxyl groups excluding tert-OH is 1. The highest BCUT2D eigenvalue weighted by Crippen LogP contribution is 2.31. The number of hydrogen-bond donors (Lipinski definition) is 12. The summed E-state index contributed by atoms with van der Waals surface area (Å²) in [6, 6.07) is 15.4. The van der Waals surface area contributed by atoms with Crippen molar-refractivity contribution >= 4 is 93.6 Å². The van der Waals surface area contributed by atoms with Crippen LogP contribution < -0.4 is 53.0 Å². The highest BCUT2D eigenvalue weighted by molar-refractivity contribution is 7.98. The summed E-state index contributed by atoms with van der Waals surface area (Å²) >= 11 is 3.14. The first-order valence-corrected chi connectivity index (χ1v) is 33.8. The maximum atomic E-state index is 15.1. The van der Waals surface area contributed by atoms with Crippen molar-refractivity contribution in [2.75, 3.05) is 31.7 Å². The monoisotopic (exact) mass is 1340 g/mol. The summed E-state index contributed by atoms with van der Waals surface area (Å²) in [4.78, 5) is 146. The molecule has 0 radical (unpaired) electrons. The standard InChI is InChI=1S/C67H86FN11O13S2/c1-39-59(84)73-40(2)60(85)75-53(31-42-14-16-44(35-69)17-15-42)62(87)76-54(33-47-36-71-51-23-20-48(68)34-50(47)51)63(88)74-52(12-6-7-13-57(82)83)61(86)78-58(41(3)80)64(89)77-55(32-43-18-21-49(92-5)22-19-43)65(90)79-27-9-25-67(79,4)66(91)70-26-29-94-38-46-11-8-10-45(30-46)37-93-28-24-56(81)72-39/h8,10-11,14-23,30,34,36,39-41,52-55,58,71,80H,6-7,9,12-13,24-29,31-33,35,37-38,69H2,1-5H3,(H,70,91)(H,72,81)(H,73,84)(H,74,88)(H,75,85)(H,76,87)(H,77,89)(H,78,86)(H,82,83)/t39-,40+,41+,52-,53-,54-,55-,58+,67-/m0/s1. The smallest absolute Gasteiger partial charge is 0.303 e. The van der Waals surface area contributed by atoms with Crippen LogP contribution in [0.5, 0.6) is 5.75 Å². The lowest BCUT2D eigenvalue weighted by atomic mass is 9.95. The molecule has 4 aromatic carbocycles. The van der Waals surface area contributed by atoms with Crippen LogP contribution in [0.2, 0.25) is 0 Å². The van der Waals surface area contributed by atoms with Crippen molar-refractivity contribution in [2.24, 2.45) is 5.73 Å². The Morgan fingerprint density at radius 1 is 0.702 bits per heavy atom. The molecule has 94 heavy (non-hydrogen) atoms. The number of fused-ring (bicyclic) bond motifs is 4. The van der Waals surface area contributed by atoms with Gasteiger partial charge in [0.05, 0.1) is 13.2 Å². The van der Waals surface area contributed by atoms with Crippen LogP contribution in [0.1, 0.15) is 106 Å². The minimum atomic E-state index is -1.79. The molecule has 7 rings (SSSR count). The Kier molecular flexibility index (Phi) is 27.2. The number of aromatic nitrogens is 1. The minimum absolute atomic E-state index is 0.0267. The first-order chi connectivity index (χ1) is 44.9. The highest BCUT2D eigenvalue weighted by atomic mass is 32.2. The number of benzene rings is 4. The van der Waals surface area contributed by atoms with E-state index in [4.69, 9.17) is 10.5 Å². The molecule has 9 atom stereocenters. The second-order valence-corrected chi connectivity index (χ2v) is 26.1. The number of H-pyrrole nitrogens is 1. The van der Waals surface area contributed by atoms with E-state index in [9.17, 15) is 53.0 Å². The van der Waals surface area contributed by atoms with Gasteiger partial charge in [-0.25, -0.2) is 4.39 Å². The normalized spacial score (nSPS) is 23.8. The van der Waals surface area contributed by atoms with E-state index >= 15 is 9.59 Å². The second-order valence-electron chi connectivity index (χ2n) is 23.9.